The predicted octanol–water partition coefficient (Wildman–Crippen LogP) is 1.65. The molecule has 20 heavy (non-hydrogen) atoms. The van der Waals surface area contributed by atoms with Crippen molar-refractivity contribution < 1.29 is 29.0 Å². The first-order valence-corrected chi connectivity index (χ1v) is 6.51. The van der Waals surface area contributed by atoms with E-state index in [1.807, 2.05) is 0 Å². The Balaban J connectivity index is 4.51. The number of carbonyl (C=O) groups is 3. The first-order chi connectivity index (χ1) is 9.15. The van der Waals surface area contributed by atoms with Crippen molar-refractivity contribution in [2.24, 2.45) is 0 Å². The number of hydrogen-bond donors (Lipinski definition) is 1. The lowest BCUT2D eigenvalue weighted by atomic mass is 10.2. The summed E-state index contributed by atoms with van der Waals surface area (Å²) >= 11 is 0. The lowest BCUT2D eigenvalue weighted by molar-refractivity contribution is -0.143. The van der Waals surface area contributed by atoms with E-state index in [0.717, 1.165) is 0 Å². The number of hydrogen-bond acceptors (Lipinski definition) is 5. The van der Waals surface area contributed by atoms with Crippen LogP contribution in [0.25, 0.3) is 0 Å². The number of esters is 1. The Morgan fingerprint density at radius 3 is 2.10 bits per heavy atom. The zero-order chi connectivity index (χ0) is 15.8. The van der Waals surface area contributed by atoms with Crippen LogP contribution >= 0.6 is 0 Å². The van der Waals surface area contributed by atoms with Crippen molar-refractivity contribution >= 4 is 18.0 Å². The molecule has 0 aliphatic carbocycles. The van der Waals surface area contributed by atoms with Gasteiger partial charge in [0.05, 0.1) is 19.4 Å². The Bertz CT molecular complexity index is 347. The highest BCUT2D eigenvalue weighted by molar-refractivity contribution is 5.73. The van der Waals surface area contributed by atoms with Crippen molar-refractivity contribution in [2.45, 2.75) is 46.1 Å². The smallest absolute Gasteiger partial charge is 0.410 e. The number of ether oxygens (including phenoxy) is 2. The van der Waals surface area contributed by atoms with Gasteiger partial charge in [-0.1, -0.05) is 0 Å². The quantitative estimate of drug-likeness (QED) is 0.716. The molecule has 0 atom stereocenters. The average molecular weight is 289 g/mol. The molecule has 0 aromatic carbocycles. The van der Waals surface area contributed by atoms with Crippen LogP contribution in [0.4, 0.5) is 4.79 Å². The minimum Gasteiger partial charge on any atom is -0.481 e. The number of carbonyl (C=O) groups excluding carboxylic acids is 2. The second-order valence-electron chi connectivity index (χ2n) is 5.17. The number of nitrogens with zero attached hydrogens (tertiary/aromatic N) is 1. The molecule has 0 rings (SSSR count). The largest absolute Gasteiger partial charge is 0.481 e. The van der Waals surface area contributed by atoms with Crippen LogP contribution in [0, 0.1) is 0 Å². The van der Waals surface area contributed by atoms with Gasteiger partial charge in [-0.05, 0) is 27.7 Å². The van der Waals surface area contributed by atoms with Gasteiger partial charge in [-0.3, -0.25) is 9.59 Å². The van der Waals surface area contributed by atoms with E-state index in [1.54, 1.807) is 27.7 Å². The number of rotatable bonds is 7. The molecule has 7 heteroatoms. The molecule has 116 valence electrons. The van der Waals surface area contributed by atoms with Crippen molar-refractivity contribution in [3.8, 4) is 0 Å². The fraction of sp³-hybridized carbons (Fsp3) is 0.769. The van der Waals surface area contributed by atoms with E-state index in [4.69, 9.17) is 14.6 Å². The van der Waals surface area contributed by atoms with Crippen molar-refractivity contribution in [1.82, 2.24) is 4.90 Å². The Morgan fingerprint density at radius 1 is 1.10 bits per heavy atom. The lowest BCUT2D eigenvalue weighted by Crippen LogP contribution is -2.39. The molecule has 0 radical (unpaired) electrons. The summed E-state index contributed by atoms with van der Waals surface area (Å²) in [5, 5.41) is 8.67. The molecule has 7 nitrogen and oxygen atoms in total. The summed E-state index contributed by atoms with van der Waals surface area (Å²) in [5.74, 6) is -1.45. The highest BCUT2D eigenvalue weighted by Gasteiger charge is 2.23. The van der Waals surface area contributed by atoms with Gasteiger partial charge in [-0.2, -0.15) is 0 Å². The second kappa shape index (κ2) is 8.39. The maximum absolute atomic E-state index is 11.9. The molecular weight excluding hydrogens is 266 g/mol. The molecule has 1 amide bonds. The average Bonchev–Trinajstić information content (AvgIpc) is 2.26. The zero-order valence-corrected chi connectivity index (χ0v) is 12.5. The molecule has 0 aromatic heterocycles. The molecule has 1 N–H and O–H groups in total. The molecule has 0 aliphatic rings. The van der Waals surface area contributed by atoms with E-state index in [0.29, 0.717) is 0 Å². The molecule has 0 unspecified atom stereocenters. The van der Waals surface area contributed by atoms with Gasteiger partial charge >= 0.3 is 18.0 Å². The summed E-state index contributed by atoms with van der Waals surface area (Å²) < 4.78 is 9.93. The van der Waals surface area contributed by atoms with Gasteiger partial charge < -0.3 is 19.5 Å². The molecule has 0 bridgehead atoms. The van der Waals surface area contributed by atoms with E-state index < -0.39 is 23.6 Å². The standard InChI is InChI=1S/C13H23NO6/c1-5-19-11(17)7-9-14(8-6-10(15)16)12(18)20-13(2,3)4/h5-9H2,1-4H3,(H,15,16). The van der Waals surface area contributed by atoms with E-state index in [-0.39, 0.29) is 32.5 Å². The Hall–Kier alpha value is -1.79. The highest BCUT2D eigenvalue weighted by Crippen LogP contribution is 2.10. The van der Waals surface area contributed by atoms with Gasteiger partial charge in [-0.15, -0.1) is 0 Å². The number of aliphatic carboxylic acids is 1. The van der Waals surface area contributed by atoms with E-state index in [2.05, 4.69) is 0 Å². The second-order valence-corrected chi connectivity index (χ2v) is 5.17. The first kappa shape index (κ1) is 18.2. The van der Waals surface area contributed by atoms with Crippen molar-refractivity contribution in [2.75, 3.05) is 19.7 Å². The third kappa shape index (κ3) is 9.18. The van der Waals surface area contributed by atoms with Gasteiger partial charge in [0, 0.05) is 13.1 Å². The van der Waals surface area contributed by atoms with E-state index in [1.165, 1.54) is 4.90 Å². The topological polar surface area (TPSA) is 93.1 Å². The molecule has 0 saturated heterocycles. The van der Waals surface area contributed by atoms with Crippen LogP contribution in [-0.2, 0) is 19.1 Å². The summed E-state index contributed by atoms with van der Waals surface area (Å²) in [4.78, 5) is 35.0. The van der Waals surface area contributed by atoms with Gasteiger partial charge in [0.15, 0.2) is 0 Å². The molecule has 0 heterocycles. The Kier molecular flexibility index (Phi) is 7.64. The summed E-state index contributed by atoms with van der Waals surface area (Å²) in [5.41, 5.74) is -0.678. The van der Waals surface area contributed by atoms with E-state index >= 15 is 0 Å². The summed E-state index contributed by atoms with van der Waals surface area (Å²) in [6, 6.07) is 0. The number of amides is 1. The van der Waals surface area contributed by atoms with Gasteiger partial charge in [-0.25, -0.2) is 4.79 Å². The SMILES string of the molecule is CCOC(=O)CCN(CCC(=O)O)C(=O)OC(C)(C)C. The minimum absolute atomic E-state index is 0.00665. The summed E-state index contributed by atoms with van der Waals surface area (Å²) in [6.45, 7) is 7.15. The van der Waals surface area contributed by atoms with Crippen molar-refractivity contribution in [1.29, 1.82) is 0 Å². The van der Waals surface area contributed by atoms with Crippen LogP contribution in [0.1, 0.15) is 40.5 Å². The zero-order valence-electron chi connectivity index (χ0n) is 12.5. The van der Waals surface area contributed by atoms with Crippen molar-refractivity contribution in [3.05, 3.63) is 0 Å². The van der Waals surface area contributed by atoms with Crippen molar-refractivity contribution in [3.63, 3.8) is 0 Å². The van der Waals surface area contributed by atoms with Crippen LogP contribution in [0.5, 0.6) is 0 Å². The maximum atomic E-state index is 11.9. The van der Waals surface area contributed by atoms with Gasteiger partial charge in [0.25, 0.3) is 0 Å². The normalized spacial score (nSPS) is 10.8. The molecule has 0 saturated carbocycles. The first-order valence-electron chi connectivity index (χ1n) is 6.51. The Morgan fingerprint density at radius 2 is 1.65 bits per heavy atom. The summed E-state index contributed by atoms with van der Waals surface area (Å²) in [7, 11) is 0. The molecule has 0 aliphatic heterocycles. The monoisotopic (exact) mass is 289 g/mol. The van der Waals surface area contributed by atoms with Crippen LogP contribution in [0.15, 0.2) is 0 Å². The van der Waals surface area contributed by atoms with Gasteiger partial charge in [0.2, 0.25) is 0 Å². The van der Waals surface area contributed by atoms with Gasteiger partial charge in [0.1, 0.15) is 5.60 Å². The molecule has 0 spiro atoms. The Labute approximate surface area is 118 Å². The molecule has 0 aromatic rings. The van der Waals surface area contributed by atoms with Crippen LogP contribution in [0.3, 0.4) is 0 Å². The predicted molar refractivity (Wildman–Crippen MR) is 71.3 cm³/mol. The summed E-state index contributed by atoms with van der Waals surface area (Å²) in [6.07, 6.45) is -0.836. The fourth-order valence-corrected chi connectivity index (χ4v) is 1.31. The number of carboxylic acids is 1. The van der Waals surface area contributed by atoms with Crippen LogP contribution in [-0.4, -0.2) is 53.3 Å². The lowest BCUT2D eigenvalue weighted by Gasteiger charge is -2.26. The minimum atomic E-state index is -1.02. The maximum Gasteiger partial charge on any atom is 0.410 e. The van der Waals surface area contributed by atoms with Crippen LogP contribution < -0.4 is 0 Å². The number of carboxylic acid groups (broad SMARTS) is 1. The van der Waals surface area contributed by atoms with E-state index in [9.17, 15) is 14.4 Å². The van der Waals surface area contributed by atoms with Crippen LogP contribution in [0.2, 0.25) is 0 Å². The molecular formula is C13H23NO6. The third-order valence-electron chi connectivity index (χ3n) is 2.14. The fourth-order valence-electron chi connectivity index (χ4n) is 1.31. The highest BCUT2D eigenvalue weighted by atomic mass is 16.6. The third-order valence-corrected chi connectivity index (χ3v) is 2.14. The molecule has 0 fully saturated rings.